The molecular weight excluding hydrogens is 654 g/mol. The van der Waals surface area contributed by atoms with Gasteiger partial charge < -0.3 is 20.3 Å². The molecule has 6 unspecified atom stereocenters. The summed E-state index contributed by atoms with van der Waals surface area (Å²) in [6.07, 6.45) is 7.63. The smallest absolute Gasteiger partial charge is 0.332 e. The highest BCUT2D eigenvalue weighted by molar-refractivity contribution is 9.10. The summed E-state index contributed by atoms with van der Waals surface area (Å²) in [5.74, 6) is -2.10. The van der Waals surface area contributed by atoms with Crippen LogP contribution in [0.25, 0.3) is 0 Å². The van der Waals surface area contributed by atoms with E-state index in [1.165, 1.54) is 16.7 Å². The number of hydrogen-bond donors (Lipinski definition) is 2. The number of nitrogens with one attached hydrogen (secondary N) is 2. The fraction of sp³-hybridized carbons (Fsp3) is 0.500. The number of benzene rings is 1. The van der Waals surface area contributed by atoms with Crippen molar-refractivity contribution >= 4 is 50.7 Å². The number of allylic oxidation sites excluding steroid dienone is 1. The zero-order valence-electron chi connectivity index (χ0n) is 24.3. The number of esters is 1. The molecule has 2 saturated carbocycles. The highest BCUT2D eigenvalue weighted by Gasteiger charge is 2.62. The van der Waals surface area contributed by atoms with Gasteiger partial charge in [0, 0.05) is 36.6 Å². The first-order chi connectivity index (χ1) is 21.1. The van der Waals surface area contributed by atoms with E-state index >= 15 is 0 Å². The number of halogens is 1. The van der Waals surface area contributed by atoms with Crippen LogP contribution in [0, 0.1) is 17.8 Å². The number of amides is 3. The third-order valence-electron chi connectivity index (χ3n) is 8.97. The number of methoxy groups -OCH3 is 1. The van der Waals surface area contributed by atoms with E-state index in [1.54, 1.807) is 43.6 Å². The zero-order valence-corrected chi connectivity index (χ0v) is 26.7. The maximum atomic E-state index is 14.3. The molecule has 234 valence electrons. The molecule has 12 nitrogen and oxygen atoms in total. The molecule has 3 fully saturated rings. The largest absolute Gasteiger partial charge is 0.467 e. The van der Waals surface area contributed by atoms with Crippen molar-refractivity contribution in [2.24, 2.45) is 24.8 Å². The topological polar surface area (TPSA) is 149 Å². The number of nitrogens with zero attached hydrogens (tertiary/aromatic N) is 3. The van der Waals surface area contributed by atoms with Gasteiger partial charge in [0.2, 0.25) is 11.8 Å². The fourth-order valence-electron chi connectivity index (χ4n) is 6.38. The van der Waals surface area contributed by atoms with Crippen LogP contribution >= 0.6 is 15.9 Å². The average molecular weight is 689 g/mol. The van der Waals surface area contributed by atoms with E-state index in [9.17, 15) is 23.4 Å². The number of carbonyl (C=O) groups is 4. The van der Waals surface area contributed by atoms with Crippen LogP contribution in [0.1, 0.15) is 42.6 Å². The molecule has 3 amide bonds. The van der Waals surface area contributed by atoms with E-state index in [4.69, 9.17) is 8.92 Å². The van der Waals surface area contributed by atoms with Crippen LogP contribution in [0.2, 0.25) is 0 Å². The SMILES string of the molecule is COC(=O)[C@@]12CC1/C=C\CCC1CC1[C@H](NC(=O)c1ccn(C)n1)C(=O)N1CC(OS(=O)c3ccc(Br)cc3)CC1C(=O)N2. The maximum Gasteiger partial charge on any atom is 0.332 e. The number of hydrogen-bond acceptors (Lipinski definition) is 8. The van der Waals surface area contributed by atoms with Gasteiger partial charge in [0.15, 0.2) is 11.1 Å². The summed E-state index contributed by atoms with van der Waals surface area (Å²) >= 11 is 1.51. The molecule has 2 aliphatic heterocycles. The minimum atomic E-state index is -1.85. The standard InChI is InChI=1S/C30H34BrN5O7S/c1-35-12-11-23(34-35)26(37)32-25-22-13-17(22)5-3-4-6-18-15-30(18,29(40)42-2)33-27(38)24-14-20(16-36(24)28(25)39)43-44(41)21-9-7-19(31)8-10-21/h4,6-12,17-18,20,22,24-25H,3,5,13-16H2,1-2H3,(H,32,37)(H,33,38)/b6-4-/t17?,18?,20?,22?,24?,25-,30+,44?/m0/s1. The van der Waals surface area contributed by atoms with Crippen LogP contribution in [0.5, 0.6) is 0 Å². The summed E-state index contributed by atoms with van der Waals surface area (Å²) in [6, 6.07) is 6.49. The zero-order chi connectivity index (χ0) is 31.2. The van der Waals surface area contributed by atoms with Gasteiger partial charge in [0.1, 0.15) is 23.3 Å². The number of aryl methyl sites for hydroxylation is 1. The van der Waals surface area contributed by atoms with Gasteiger partial charge in [0.25, 0.3) is 5.91 Å². The van der Waals surface area contributed by atoms with Gasteiger partial charge in [-0.05, 0) is 67.9 Å². The lowest BCUT2D eigenvalue weighted by Crippen LogP contribution is -2.57. The highest BCUT2D eigenvalue weighted by Crippen LogP contribution is 2.48. The summed E-state index contributed by atoms with van der Waals surface area (Å²) in [5.41, 5.74) is -1.03. The monoisotopic (exact) mass is 687 g/mol. The molecule has 3 heterocycles. The molecule has 8 atom stereocenters. The van der Waals surface area contributed by atoms with Gasteiger partial charge in [0.05, 0.1) is 18.1 Å². The Morgan fingerprint density at radius 2 is 1.95 bits per heavy atom. The summed E-state index contributed by atoms with van der Waals surface area (Å²) in [6.45, 7) is -0.0128. The van der Waals surface area contributed by atoms with Crippen molar-refractivity contribution in [1.82, 2.24) is 25.3 Å². The molecule has 2 aliphatic carbocycles. The summed E-state index contributed by atoms with van der Waals surface area (Å²) < 4.78 is 26.4. The third kappa shape index (κ3) is 6.11. The van der Waals surface area contributed by atoms with Crippen molar-refractivity contribution in [1.29, 1.82) is 0 Å². The Hall–Kier alpha value is -3.36. The molecule has 0 spiro atoms. The van der Waals surface area contributed by atoms with Crippen LogP contribution in [0.3, 0.4) is 0 Å². The minimum absolute atomic E-state index is 0.0128. The second-order valence-corrected chi connectivity index (χ2v) is 14.0. The second kappa shape index (κ2) is 12.2. The second-order valence-electron chi connectivity index (χ2n) is 11.9. The van der Waals surface area contributed by atoms with E-state index in [-0.39, 0.29) is 36.4 Å². The van der Waals surface area contributed by atoms with E-state index < -0.39 is 58.5 Å². The highest BCUT2D eigenvalue weighted by atomic mass is 79.9. The minimum Gasteiger partial charge on any atom is -0.467 e. The predicted octanol–water partition coefficient (Wildman–Crippen LogP) is 2.02. The molecule has 14 heteroatoms. The van der Waals surface area contributed by atoms with Crippen molar-refractivity contribution in [3.05, 3.63) is 58.8 Å². The van der Waals surface area contributed by atoms with Gasteiger partial charge in [-0.15, -0.1) is 0 Å². The lowest BCUT2D eigenvalue weighted by atomic mass is 10.0. The van der Waals surface area contributed by atoms with Crippen LogP contribution < -0.4 is 10.6 Å². The molecule has 1 saturated heterocycles. The van der Waals surface area contributed by atoms with E-state index in [0.29, 0.717) is 11.3 Å². The van der Waals surface area contributed by atoms with E-state index in [2.05, 4.69) is 31.7 Å². The fourth-order valence-corrected chi connectivity index (χ4v) is 7.50. The summed E-state index contributed by atoms with van der Waals surface area (Å²) in [5, 5.41) is 9.96. The maximum absolute atomic E-state index is 14.3. The van der Waals surface area contributed by atoms with Crippen molar-refractivity contribution in [2.45, 2.75) is 60.7 Å². The molecule has 0 radical (unpaired) electrons. The molecule has 6 rings (SSSR count). The number of carbonyl (C=O) groups excluding carboxylic acids is 4. The molecule has 2 aromatic rings. The van der Waals surface area contributed by atoms with Crippen LogP contribution in [-0.4, -0.2) is 80.0 Å². The molecule has 44 heavy (non-hydrogen) atoms. The number of aromatic nitrogens is 2. The first-order valence-corrected chi connectivity index (χ1v) is 16.5. The Kier molecular flexibility index (Phi) is 8.50. The Labute approximate surface area is 265 Å². The van der Waals surface area contributed by atoms with Crippen molar-refractivity contribution in [3.8, 4) is 0 Å². The quantitative estimate of drug-likeness (QED) is 0.346. The lowest BCUT2D eigenvalue weighted by Gasteiger charge is -2.30. The van der Waals surface area contributed by atoms with Crippen LogP contribution in [0.15, 0.2) is 58.0 Å². The van der Waals surface area contributed by atoms with E-state index in [0.717, 1.165) is 23.7 Å². The van der Waals surface area contributed by atoms with E-state index in [1.807, 2.05) is 12.2 Å². The number of rotatable bonds is 6. The van der Waals surface area contributed by atoms with Gasteiger partial charge in [-0.1, -0.05) is 28.1 Å². The first-order valence-electron chi connectivity index (χ1n) is 14.6. The Balaban J connectivity index is 1.29. The normalized spacial score (nSPS) is 32.7. The van der Waals surface area contributed by atoms with Crippen molar-refractivity contribution < 1.29 is 32.3 Å². The molecule has 4 aliphatic rings. The predicted molar refractivity (Wildman–Crippen MR) is 161 cm³/mol. The van der Waals surface area contributed by atoms with Gasteiger partial charge in [-0.25, -0.2) is 9.00 Å². The number of ether oxygens (including phenoxy) is 1. The Morgan fingerprint density at radius 1 is 1.18 bits per heavy atom. The van der Waals surface area contributed by atoms with Gasteiger partial charge >= 0.3 is 5.97 Å². The summed E-state index contributed by atoms with van der Waals surface area (Å²) in [4.78, 5) is 56.1. The van der Waals surface area contributed by atoms with Gasteiger partial charge in [-0.2, -0.15) is 5.10 Å². The van der Waals surface area contributed by atoms with Crippen molar-refractivity contribution in [2.75, 3.05) is 13.7 Å². The summed E-state index contributed by atoms with van der Waals surface area (Å²) in [7, 11) is 2.98. The molecule has 1 aromatic carbocycles. The van der Waals surface area contributed by atoms with Gasteiger partial charge in [-0.3, -0.25) is 23.2 Å². The molecule has 0 bridgehead atoms. The van der Waals surface area contributed by atoms with Crippen LogP contribution in [0.4, 0.5) is 0 Å². The molecule has 1 aromatic heterocycles. The number of fused-ring (bicyclic) bond motifs is 3. The third-order valence-corrected chi connectivity index (χ3v) is 10.6. The average Bonchev–Trinajstić information content (AvgIpc) is 3.81. The Bertz CT molecular complexity index is 1530. The lowest BCUT2D eigenvalue weighted by molar-refractivity contribution is -0.148. The Morgan fingerprint density at radius 3 is 2.66 bits per heavy atom. The van der Waals surface area contributed by atoms with Crippen LogP contribution in [-0.2, 0) is 41.4 Å². The first kappa shape index (κ1) is 30.7. The molecule has 2 N–H and O–H groups in total. The molecular formula is C30H34BrN5O7S. The van der Waals surface area contributed by atoms with Crippen molar-refractivity contribution in [3.63, 3.8) is 0 Å².